The third-order valence-electron chi connectivity index (χ3n) is 2.25. The van der Waals surface area contributed by atoms with Crippen molar-refractivity contribution < 1.29 is 5.11 Å². The van der Waals surface area contributed by atoms with Gasteiger partial charge in [-0.15, -0.1) is 23.1 Å². The van der Waals surface area contributed by atoms with Gasteiger partial charge in [0.25, 0.3) is 0 Å². The number of rotatable bonds is 3. The molecule has 0 saturated heterocycles. The average molecular weight is 236 g/mol. The van der Waals surface area contributed by atoms with E-state index < -0.39 is 6.10 Å². The molecule has 0 fully saturated rings. The van der Waals surface area contributed by atoms with E-state index in [4.69, 9.17) is 0 Å². The minimum absolute atomic E-state index is 0.492. The van der Waals surface area contributed by atoms with Crippen LogP contribution in [0.25, 0.3) is 0 Å². The van der Waals surface area contributed by atoms with Gasteiger partial charge in [-0.2, -0.15) is 0 Å². The third-order valence-corrected chi connectivity index (χ3v) is 3.98. The Kier molecular flexibility index (Phi) is 3.46. The Balaban J connectivity index is 2.37. The van der Waals surface area contributed by atoms with E-state index in [0.29, 0.717) is 0 Å². The smallest absolute Gasteiger partial charge is 0.114 e. The van der Waals surface area contributed by atoms with Crippen molar-refractivity contribution in [2.45, 2.75) is 11.0 Å². The largest absolute Gasteiger partial charge is 0.383 e. The van der Waals surface area contributed by atoms with Gasteiger partial charge in [0.1, 0.15) is 6.10 Å². The summed E-state index contributed by atoms with van der Waals surface area (Å²) >= 11 is 3.25. The molecule has 0 amide bonds. The SMILES string of the molecule is CSc1ccccc1C(O)c1cccs1. The summed E-state index contributed by atoms with van der Waals surface area (Å²) in [7, 11) is 0. The van der Waals surface area contributed by atoms with E-state index in [0.717, 1.165) is 15.3 Å². The number of aliphatic hydroxyl groups is 1. The van der Waals surface area contributed by atoms with Gasteiger partial charge >= 0.3 is 0 Å². The van der Waals surface area contributed by atoms with Crippen LogP contribution in [0.1, 0.15) is 16.5 Å². The fraction of sp³-hybridized carbons (Fsp3) is 0.167. The van der Waals surface area contributed by atoms with Crippen LogP contribution in [-0.4, -0.2) is 11.4 Å². The Labute approximate surface area is 97.8 Å². The van der Waals surface area contributed by atoms with Gasteiger partial charge in [0.15, 0.2) is 0 Å². The van der Waals surface area contributed by atoms with Crippen molar-refractivity contribution in [3.05, 3.63) is 52.2 Å². The molecule has 1 atom stereocenters. The van der Waals surface area contributed by atoms with Crippen LogP contribution in [0.4, 0.5) is 0 Å². The molecule has 2 rings (SSSR count). The summed E-state index contributed by atoms with van der Waals surface area (Å²) in [5, 5.41) is 12.2. The monoisotopic (exact) mass is 236 g/mol. The molecule has 0 aliphatic carbocycles. The first-order valence-electron chi connectivity index (χ1n) is 4.67. The van der Waals surface area contributed by atoms with E-state index in [1.54, 1.807) is 23.1 Å². The number of hydrogen-bond acceptors (Lipinski definition) is 3. The van der Waals surface area contributed by atoms with Crippen molar-refractivity contribution in [2.24, 2.45) is 0 Å². The van der Waals surface area contributed by atoms with E-state index in [1.807, 2.05) is 48.0 Å². The molecule has 1 unspecified atom stereocenters. The predicted molar refractivity (Wildman–Crippen MR) is 66.6 cm³/mol. The van der Waals surface area contributed by atoms with E-state index in [9.17, 15) is 5.11 Å². The molecule has 0 radical (unpaired) electrons. The zero-order valence-corrected chi connectivity index (χ0v) is 10.0. The van der Waals surface area contributed by atoms with Crippen LogP contribution in [0.5, 0.6) is 0 Å². The molecule has 1 aromatic carbocycles. The van der Waals surface area contributed by atoms with Gasteiger partial charge in [-0.25, -0.2) is 0 Å². The highest BCUT2D eigenvalue weighted by Crippen LogP contribution is 2.31. The van der Waals surface area contributed by atoms with Crippen LogP contribution in [0.15, 0.2) is 46.7 Å². The van der Waals surface area contributed by atoms with Gasteiger partial charge in [-0.3, -0.25) is 0 Å². The number of aliphatic hydroxyl groups excluding tert-OH is 1. The van der Waals surface area contributed by atoms with E-state index >= 15 is 0 Å². The van der Waals surface area contributed by atoms with Crippen molar-refractivity contribution in [3.8, 4) is 0 Å². The summed E-state index contributed by atoms with van der Waals surface area (Å²) in [6, 6.07) is 11.9. The molecule has 1 aromatic heterocycles. The fourth-order valence-electron chi connectivity index (χ4n) is 1.49. The van der Waals surface area contributed by atoms with Crippen molar-refractivity contribution in [1.29, 1.82) is 0 Å². The van der Waals surface area contributed by atoms with Crippen LogP contribution < -0.4 is 0 Å². The normalized spacial score (nSPS) is 12.7. The highest BCUT2D eigenvalue weighted by Gasteiger charge is 2.14. The van der Waals surface area contributed by atoms with E-state index in [2.05, 4.69) is 0 Å². The zero-order valence-electron chi connectivity index (χ0n) is 8.38. The number of thiophene rings is 1. The van der Waals surface area contributed by atoms with Gasteiger partial charge in [0, 0.05) is 9.77 Å². The molecule has 0 aliphatic rings. The second-order valence-electron chi connectivity index (χ2n) is 3.16. The fourth-order valence-corrected chi connectivity index (χ4v) is 2.85. The van der Waals surface area contributed by atoms with Crippen LogP contribution in [0.3, 0.4) is 0 Å². The van der Waals surface area contributed by atoms with Crippen LogP contribution >= 0.6 is 23.1 Å². The molecule has 15 heavy (non-hydrogen) atoms. The molecular weight excluding hydrogens is 224 g/mol. The maximum Gasteiger partial charge on any atom is 0.114 e. The van der Waals surface area contributed by atoms with Crippen molar-refractivity contribution in [1.82, 2.24) is 0 Å². The number of benzene rings is 1. The van der Waals surface area contributed by atoms with Crippen LogP contribution in [0.2, 0.25) is 0 Å². The summed E-state index contributed by atoms with van der Waals surface area (Å²) in [6.45, 7) is 0. The molecule has 1 nitrogen and oxygen atoms in total. The standard InChI is InChI=1S/C12H12OS2/c1-14-10-6-3-2-5-9(10)12(13)11-7-4-8-15-11/h2-8,12-13H,1H3. The Hall–Kier alpha value is -0.770. The topological polar surface area (TPSA) is 20.2 Å². The summed E-state index contributed by atoms with van der Waals surface area (Å²) in [5.41, 5.74) is 0.993. The molecule has 78 valence electrons. The second-order valence-corrected chi connectivity index (χ2v) is 4.99. The van der Waals surface area contributed by atoms with Gasteiger partial charge in [0.05, 0.1) is 0 Å². The quantitative estimate of drug-likeness (QED) is 0.822. The lowest BCUT2D eigenvalue weighted by Gasteiger charge is -2.12. The van der Waals surface area contributed by atoms with Crippen molar-refractivity contribution in [3.63, 3.8) is 0 Å². The lowest BCUT2D eigenvalue weighted by Crippen LogP contribution is -1.98. The summed E-state index contributed by atoms with van der Waals surface area (Å²) in [5.74, 6) is 0. The Morgan fingerprint density at radius 2 is 2.00 bits per heavy atom. The van der Waals surface area contributed by atoms with Crippen molar-refractivity contribution >= 4 is 23.1 Å². The average Bonchev–Trinajstić information content (AvgIpc) is 2.81. The second kappa shape index (κ2) is 4.84. The molecule has 0 spiro atoms. The van der Waals surface area contributed by atoms with E-state index in [-0.39, 0.29) is 0 Å². The Morgan fingerprint density at radius 1 is 1.20 bits per heavy atom. The van der Waals surface area contributed by atoms with Gasteiger partial charge in [-0.1, -0.05) is 24.3 Å². The van der Waals surface area contributed by atoms with Gasteiger partial charge < -0.3 is 5.11 Å². The summed E-state index contributed by atoms with van der Waals surface area (Å²) in [4.78, 5) is 2.13. The Bertz CT molecular complexity index is 423. The minimum atomic E-state index is -0.492. The van der Waals surface area contributed by atoms with Gasteiger partial charge in [-0.05, 0) is 29.3 Å². The first-order chi connectivity index (χ1) is 7.33. The van der Waals surface area contributed by atoms with E-state index in [1.165, 1.54) is 0 Å². The van der Waals surface area contributed by atoms with Gasteiger partial charge in [0.2, 0.25) is 0 Å². The molecule has 0 bridgehead atoms. The Morgan fingerprint density at radius 3 is 2.67 bits per heavy atom. The molecule has 1 heterocycles. The molecule has 2 aromatic rings. The minimum Gasteiger partial charge on any atom is -0.383 e. The van der Waals surface area contributed by atoms with Crippen LogP contribution in [-0.2, 0) is 0 Å². The third kappa shape index (κ3) is 2.25. The highest BCUT2D eigenvalue weighted by atomic mass is 32.2. The maximum atomic E-state index is 10.2. The zero-order chi connectivity index (χ0) is 10.7. The lowest BCUT2D eigenvalue weighted by molar-refractivity contribution is 0.221. The van der Waals surface area contributed by atoms with Crippen molar-refractivity contribution in [2.75, 3.05) is 6.26 Å². The lowest BCUT2D eigenvalue weighted by atomic mass is 10.1. The summed E-state index contributed by atoms with van der Waals surface area (Å²) < 4.78 is 0. The molecular formula is C12H12OS2. The first-order valence-corrected chi connectivity index (χ1v) is 6.77. The number of thioether (sulfide) groups is 1. The molecule has 0 aliphatic heterocycles. The predicted octanol–water partition coefficient (Wildman–Crippen LogP) is 3.55. The highest BCUT2D eigenvalue weighted by molar-refractivity contribution is 7.98. The summed E-state index contributed by atoms with van der Waals surface area (Å²) in [6.07, 6.45) is 1.54. The van der Waals surface area contributed by atoms with Crippen LogP contribution in [0, 0.1) is 0 Å². The maximum absolute atomic E-state index is 10.2. The molecule has 0 saturated carbocycles. The molecule has 3 heteroatoms. The first kappa shape index (κ1) is 10.7. The number of hydrogen-bond donors (Lipinski definition) is 1. The molecule has 1 N–H and O–H groups in total.